The molecule has 398 valence electrons. The number of ether oxygens (including phenoxy) is 10. The fraction of sp³-hybridized carbons (Fsp3) is 0.644. The molecule has 4 aliphatic rings. The van der Waals surface area contributed by atoms with Gasteiger partial charge in [0.1, 0.15) is 103 Å². The van der Waals surface area contributed by atoms with Gasteiger partial charge in [0.15, 0.2) is 41.4 Å². The molecule has 2 aromatic carbocycles. The number of aryl methyl sites for hydroxylation is 1. The number of allylic oxidation sites excluding steroid dienone is 1. The molecule has 4 fully saturated rings. The van der Waals surface area contributed by atoms with Gasteiger partial charge in [0.2, 0.25) is 12.6 Å². The molecule has 0 unspecified atom stereocenters. The molecule has 0 saturated carbocycles. The maximum absolute atomic E-state index is 12.9. The van der Waals surface area contributed by atoms with Crippen molar-refractivity contribution in [3.05, 3.63) is 53.6 Å². The van der Waals surface area contributed by atoms with Crippen LogP contribution in [0.2, 0.25) is 0 Å². The Hall–Kier alpha value is -4.08. The summed E-state index contributed by atoms with van der Waals surface area (Å²) in [5, 5.41) is 145. The largest absolute Gasteiger partial charge is 0.493 e. The van der Waals surface area contributed by atoms with Crippen LogP contribution in [0.5, 0.6) is 23.0 Å². The normalized spacial score (nSPS) is 37.6. The van der Waals surface area contributed by atoms with Crippen LogP contribution in [0.15, 0.2) is 42.5 Å². The maximum atomic E-state index is 12.9. The number of benzene rings is 2. The minimum Gasteiger partial charge on any atom is -0.493 e. The zero-order valence-electron chi connectivity index (χ0n) is 38.3. The average Bonchev–Trinajstić information content (AvgIpc) is 3.37. The first-order chi connectivity index (χ1) is 33.9. The molecular weight excluding hydrogens is 956 g/mol. The van der Waals surface area contributed by atoms with E-state index >= 15 is 0 Å². The molecule has 26 nitrogen and oxygen atoms in total. The van der Waals surface area contributed by atoms with Gasteiger partial charge in [-0.3, -0.25) is 9.59 Å². The molecule has 71 heavy (non-hydrogen) atoms. The van der Waals surface area contributed by atoms with Gasteiger partial charge in [-0.15, -0.1) is 0 Å². The number of Topliss-reactive ketones (excluding diaryl/α,β-unsaturated/α-hetero) is 1. The minimum atomic E-state index is -2.03. The third-order valence-electron chi connectivity index (χ3n) is 12.4. The van der Waals surface area contributed by atoms with Gasteiger partial charge in [0, 0.05) is 6.42 Å². The van der Waals surface area contributed by atoms with Gasteiger partial charge in [-0.1, -0.05) is 18.2 Å². The van der Waals surface area contributed by atoms with Gasteiger partial charge in [-0.25, -0.2) is 0 Å². The Labute approximate surface area is 404 Å². The number of carbonyl (C=O) groups excluding carboxylic acids is 2. The van der Waals surface area contributed by atoms with Crippen LogP contribution in [-0.4, -0.2) is 247 Å². The zero-order valence-corrected chi connectivity index (χ0v) is 38.3. The summed E-state index contributed by atoms with van der Waals surface area (Å²) < 4.78 is 55.7. The van der Waals surface area contributed by atoms with Crippen molar-refractivity contribution in [1.29, 1.82) is 0 Å². The van der Waals surface area contributed by atoms with Crippen LogP contribution in [0.1, 0.15) is 24.0 Å². The van der Waals surface area contributed by atoms with Crippen molar-refractivity contribution in [2.75, 3.05) is 40.6 Å². The number of hydrogen-bond donors (Lipinski definition) is 14. The van der Waals surface area contributed by atoms with Gasteiger partial charge >= 0.3 is 0 Å². The topological polar surface area (TPSA) is 410 Å². The Morgan fingerprint density at radius 1 is 0.507 bits per heavy atom. The van der Waals surface area contributed by atoms with Crippen molar-refractivity contribution in [3.63, 3.8) is 0 Å². The standard InChI is InChI=1S/C45H62O26/c1-62-24-11-18(5-9-22(24)64-42-36(58)34(56)30(52)26(14-46)66-42)3-7-20(50)13-21(51)8-4-19-6-10-23(25(12-19)63-2)65-44-38(60)40(32(54)28(16-48)68-44)71-45-39(61)41(33(55)29(17-49)69-45)70-43-37(59)35(57)31(53)27(15-47)67-43/h3,5-7,9-12,26-49,52-61H,4,8,13-17H2,1-2H3/b7-3+/t26-,27-,28-,29-,30-,31-,32-,33-,34+,35+,36-,37-,38-,39-,40+,41+,42-,43+,44-,45+/m1/s1. The van der Waals surface area contributed by atoms with E-state index < -0.39 is 167 Å². The van der Waals surface area contributed by atoms with Crippen molar-refractivity contribution in [2.45, 2.75) is 142 Å². The maximum Gasteiger partial charge on any atom is 0.229 e. The Kier molecular flexibility index (Phi) is 20.0. The zero-order chi connectivity index (χ0) is 51.8. The molecule has 0 spiro atoms. The number of ketones is 2. The second kappa shape index (κ2) is 25.2. The van der Waals surface area contributed by atoms with Crippen LogP contribution >= 0.6 is 0 Å². The van der Waals surface area contributed by atoms with E-state index in [1.54, 1.807) is 12.1 Å². The third kappa shape index (κ3) is 13.0. The van der Waals surface area contributed by atoms with Crippen LogP contribution in [-0.2, 0) is 44.4 Å². The molecule has 4 aliphatic heterocycles. The number of methoxy groups -OCH3 is 2. The highest BCUT2D eigenvalue weighted by Gasteiger charge is 2.54. The van der Waals surface area contributed by atoms with Gasteiger partial charge in [0.05, 0.1) is 47.1 Å². The molecule has 6 rings (SSSR count). The highest BCUT2D eigenvalue weighted by molar-refractivity contribution is 6.06. The number of aliphatic hydroxyl groups is 14. The second-order valence-corrected chi connectivity index (χ2v) is 17.2. The van der Waals surface area contributed by atoms with E-state index in [-0.39, 0.29) is 35.8 Å². The van der Waals surface area contributed by atoms with Gasteiger partial charge in [-0.2, -0.15) is 0 Å². The predicted octanol–water partition coefficient (Wildman–Crippen LogP) is -6.12. The van der Waals surface area contributed by atoms with E-state index in [1.165, 1.54) is 50.6 Å². The lowest BCUT2D eigenvalue weighted by molar-refractivity contribution is -0.378. The van der Waals surface area contributed by atoms with Crippen molar-refractivity contribution in [3.8, 4) is 23.0 Å². The summed E-state index contributed by atoms with van der Waals surface area (Å²) in [6.07, 6.45) is -31.9. The fourth-order valence-corrected chi connectivity index (χ4v) is 8.21. The van der Waals surface area contributed by atoms with E-state index in [1.807, 2.05) is 0 Å². The molecule has 0 amide bonds. The molecular formula is C45H62O26. The van der Waals surface area contributed by atoms with Gasteiger partial charge < -0.3 is 119 Å². The minimum absolute atomic E-state index is 0.0192. The van der Waals surface area contributed by atoms with Gasteiger partial charge in [-0.05, 0) is 47.9 Å². The monoisotopic (exact) mass is 1020 g/mol. The highest BCUT2D eigenvalue weighted by Crippen LogP contribution is 2.37. The molecule has 2 aromatic rings. The second-order valence-electron chi connectivity index (χ2n) is 17.2. The first kappa shape index (κ1) is 56.2. The summed E-state index contributed by atoms with van der Waals surface area (Å²) >= 11 is 0. The molecule has 0 bridgehead atoms. The summed E-state index contributed by atoms with van der Waals surface area (Å²) in [5.41, 5.74) is 1.05. The van der Waals surface area contributed by atoms with Crippen LogP contribution in [0.4, 0.5) is 0 Å². The molecule has 4 saturated heterocycles. The van der Waals surface area contributed by atoms with Crippen molar-refractivity contribution < 1.29 is 128 Å². The molecule has 0 radical (unpaired) electrons. The molecule has 14 N–H and O–H groups in total. The molecule has 4 heterocycles. The molecule has 26 heteroatoms. The average molecular weight is 1020 g/mol. The molecule has 0 aliphatic carbocycles. The Balaban J connectivity index is 1.04. The van der Waals surface area contributed by atoms with Crippen LogP contribution in [0, 0.1) is 0 Å². The van der Waals surface area contributed by atoms with E-state index in [4.69, 9.17) is 47.4 Å². The summed E-state index contributed by atoms with van der Waals surface area (Å²) in [5.74, 6) is -0.594. The smallest absolute Gasteiger partial charge is 0.229 e. The lowest BCUT2D eigenvalue weighted by Gasteiger charge is -2.48. The summed E-state index contributed by atoms with van der Waals surface area (Å²) in [4.78, 5) is 25.7. The van der Waals surface area contributed by atoms with E-state index in [9.17, 15) is 81.1 Å². The lowest BCUT2D eigenvalue weighted by atomic mass is 9.96. The SMILES string of the molecule is COc1cc(/C=C/C(=O)CC(=O)CCc2ccc(O[C@@H]3O[C@H](CO)[C@@H](O)[C@H](O[C@@H]4O[C@H](CO)[C@@H](O)[C@H](O[C@@H]5O[C@H](CO)[C@@H](O)[C@H](O)[C@H]5O)[C@H]4O)[C@H]3O)c(OC)c2)ccc1O[C@@H]1O[C@H](CO)[C@@H](O)[C@H](O)[C@H]1O. The number of carbonyl (C=O) groups is 2. The molecule has 20 atom stereocenters. The van der Waals surface area contributed by atoms with Crippen LogP contribution in [0.25, 0.3) is 6.08 Å². The predicted molar refractivity (Wildman–Crippen MR) is 232 cm³/mol. The lowest BCUT2D eigenvalue weighted by Crippen LogP contribution is -2.67. The number of aliphatic hydroxyl groups excluding tert-OH is 14. The van der Waals surface area contributed by atoms with Crippen molar-refractivity contribution in [2.24, 2.45) is 0 Å². The van der Waals surface area contributed by atoms with E-state index in [0.29, 0.717) is 11.1 Å². The van der Waals surface area contributed by atoms with Crippen LogP contribution in [0.3, 0.4) is 0 Å². The third-order valence-corrected chi connectivity index (χ3v) is 12.4. The Bertz CT molecular complexity index is 2070. The van der Waals surface area contributed by atoms with E-state index in [0.717, 1.165) is 0 Å². The summed E-state index contributed by atoms with van der Waals surface area (Å²) in [6, 6.07) is 8.99. The van der Waals surface area contributed by atoms with Crippen LogP contribution < -0.4 is 18.9 Å². The number of hydrogen-bond acceptors (Lipinski definition) is 26. The first-order valence-electron chi connectivity index (χ1n) is 22.5. The quantitative estimate of drug-likeness (QED) is 0.0409. The van der Waals surface area contributed by atoms with E-state index in [2.05, 4.69) is 0 Å². The first-order valence-corrected chi connectivity index (χ1v) is 22.5. The Morgan fingerprint density at radius 2 is 0.930 bits per heavy atom. The molecule has 0 aromatic heterocycles. The highest BCUT2D eigenvalue weighted by atomic mass is 16.8. The fourth-order valence-electron chi connectivity index (χ4n) is 8.21. The summed E-state index contributed by atoms with van der Waals surface area (Å²) in [7, 11) is 2.64. The summed E-state index contributed by atoms with van der Waals surface area (Å²) in [6.45, 7) is -3.19. The van der Waals surface area contributed by atoms with Crippen molar-refractivity contribution >= 4 is 17.6 Å². The number of rotatable bonds is 21. The Morgan fingerprint density at radius 3 is 1.44 bits per heavy atom. The van der Waals surface area contributed by atoms with Crippen molar-refractivity contribution in [1.82, 2.24) is 0 Å². The van der Waals surface area contributed by atoms with Gasteiger partial charge in [0.25, 0.3) is 0 Å².